The number of hydrogen-bond donors (Lipinski definition) is 0. The molecule has 17 heavy (non-hydrogen) atoms. The lowest BCUT2D eigenvalue weighted by molar-refractivity contribution is 0.0525. The first-order chi connectivity index (χ1) is 8.11. The third-order valence-corrected chi connectivity index (χ3v) is 3.79. The van der Waals surface area contributed by atoms with Crippen molar-refractivity contribution >= 4 is 33.2 Å². The topological polar surface area (TPSA) is 44.1 Å². The van der Waals surface area contributed by atoms with Crippen LogP contribution < -0.4 is 0 Å². The van der Waals surface area contributed by atoms with Gasteiger partial charge in [0.1, 0.15) is 10.6 Å². The molecule has 0 aliphatic carbocycles. The van der Waals surface area contributed by atoms with Crippen LogP contribution >= 0.6 is 27.3 Å². The zero-order valence-corrected chi connectivity index (χ0v) is 11.8. The summed E-state index contributed by atoms with van der Waals surface area (Å²) in [7, 11) is 0. The molecule has 2 aromatic rings. The van der Waals surface area contributed by atoms with Crippen molar-refractivity contribution in [2.45, 2.75) is 13.8 Å². The van der Waals surface area contributed by atoms with Crippen molar-refractivity contribution in [1.82, 2.24) is 9.78 Å². The fourth-order valence-corrected chi connectivity index (χ4v) is 2.70. The van der Waals surface area contributed by atoms with Crippen LogP contribution in [0.4, 0.5) is 0 Å². The SMILES string of the molecule is CCOC(=O)c1cn(-c2ccc(Br)s2)nc1C. The van der Waals surface area contributed by atoms with Gasteiger partial charge in [0, 0.05) is 6.20 Å². The quantitative estimate of drug-likeness (QED) is 0.817. The minimum atomic E-state index is -0.327. The van der Waals surface area contributed by atoms with Crippen LogP contribution in [-0.2, 0) is 4.74 Å². The van der Waals surface area contributed by atoms with Gasteiger partial charge in [-0.3, -0.25) is 0 Å². The van der Waals surface area contributed by atoms with E-state index < -0.39 is 0 Å². The van der Waals surface area contributed by atoms with Crippen molar-refractivity contribution in [3.63, 3.8) is 0 Å². The van der Waals surface area contributed by atoms with Crippen LogP contribution in [0.5, 0.6) is 0 Å². The minimum Gasteiger partial charge on any atom is -0.462 e. The Bertz CT molecular complexity index is 547. The Balaban J connectivity index is 2.33. The number of carbonyl (C=O) groups is 1. The van der Waals surface area contributed by atoms with Crippen molar-refractivity contribution in [2.75, 3.05) is 6.61 Å². The van der Waals surface area contributed by atoms with E-state index in [9.17, 15) is 4.79 Å². The Labute approximate surface area is 111 Å². The van der Waals surface area contributed by atoms with Crippen LogP contribution in [0.2, 0.25) is 0 Å². The van der Waals surface area contributed by atoms with Crippen LogP contribution in [0.25, 0.3) is 5.00 Å². The Kier molecular flexibility index (Phi) is 3.63. The van der Waals surface area contributed by atoms with Gasteiger partial charge in [0.05, 0.1) is 16.1 Å². The number of aromatic nitrogens is 2. The highest BCUT2D eigenvalue weighted by Crippen LogP contribution is 2.25. The summed E-state index contributed by atoms with van der Waals surface area (Å²) in [6, 6.07) is 3.89. The van der Waals surface area contributed by atoms with Gasteiger partial charge < -0.3 is 4.74 Å². The number of ether oxygens (including phenoxy) is 1. The Morgan fingerprint density at radius 1 is 1.59 bits per heavy atom. The average Bonchev–Trinajstić information content (AvgIpc) is 2.85. The molecular weight excluding hydrogens is 304 g/mol. The fraction of sp³-hybridized carbons (Fsp3) is 0.273. The molecule has 0 amide bonds. The number of rotatable bonds is 3. The predicted octanol–water partition coefficient (Wildman–Crippen LogP) is 3.18. The summed E-state index contributed by atoms with van der Waals surface area (Å²) in [6.45, 7) is 3.95. The summed E-state index contributed by atoms with van der Waals surface area (Å²) in [5, 5.41) is 5.26. The molecular formula is C11H11BrN2O2S. The van der Waals surface area contributed by atoms with Crippen LogP contribution in [-0.4, -0.2) is 22.4 Å². The molecule has 0 spiro atoms. The van der Waals surface area contributed by atoms with E-state index in [0.717, 1.165) is 8.79 Å². The zero-order valence-electron chi connectivity index (χ0n) is 9.44. The molecule has 2 aromatic heterocycles. The number of carbonyl (C=O) groups excluding carboxylic acids is 1. The predicted molar refractivity (Wildman–Crippen MR) is 69.8 cm³/mol. The van der Waals surface area contributed by atoms with Crippen molar-refractivity contribution in [2.24, 2.45) is 0 Å². The molecule has 0 N–H and O–H groups in total. The first-order valence-corrected chi connectivity index (χ1v) is 6.72. The van der Waals surface area contributed by atoms with Gasteiger partial charge in [0.2, 0.25) is 0 Å². The summed E-state index contributed by atoms with van der Waals surface area (Å²) >= 11 is 4.95. The van der Waals surface area contributed by atoms with Gasteiger partial charge in [-0.1, -0.05) is 0 Å². The highest BCUT2D eigenvalue weighted by atomic mass is 79.9. The monoisotopic (exact) mass is 314 g/mol. The minimum absolute atomic E-state index is 0.327. The normalized spacial score (nSPS) is 10.5. The lowest BCUT2D eigenvalue weighted by Crippen LogP contribution is -2.04. The maximum Gasteiger partial charge on any atom is 0.341 e. The standard InChI is InChI=1S/C11H11BrN2O2S/c1-3-16-11(15)8-6-14(13-7(8)2)10-5-4-9(12)17-10/h4-6H,3H2,1-2H3. The Morgan fingerprint density at radius 2 is 2.35 bits per heavy atom. The number of thiophene rings is 1. The van der Waals surface area contributed by atoms with Crippen molar-refractivity contribution < 1.29 is 9.53 Å². The molecule has 0 bridgehead atoms. The molecule has 0 saturated carbocycles. The molecule has 4 nitrogen and oxygen atoms in total. The number of hydrogen-bond acceptors (Lipinski definition) is 4. The maximum atomic E-state index is 11.6. The molecule has 0 aliphatic heterocycles. The number of esters is 1. The molecule has 0 radical (unpaired) electrons. The number of halogens is 1. The number of aryl methyl sites for hydroxylation is 1. The van der Waals surface area contributed by atoms with E-state index in [1.54, 1.807) is 36.1 Å². The van der Waals surface area contributed by atoms with Crippen LogP contribution in [0.1, 0.15) is 23.0 Å². The molecule has 6 heteroatoms. The van der Waals surface area contributed by atoms with Gasteiger partial charge >= 0.3 is 5.97 Å². The molecule has 0 atom stereocenters. The van der Waals surface area contributed by atoms with Crippen LogP contribution in [0.15, 0.2) is 22.1 Å². The summed E-state index contributed by atoms with van der Waals surface area (Å²) in [6.07, 6.45) is 1.70. The van der Waals surface area contributed by atoms with Crippen molar-refractivity contribution in [3.05, 3.63) is 33.4 Å². The highest BCUT2D eigenvalue weighted by molar-refractivity contribution is 9.11. The van der Waals surface area contributed by atoms with E-state index >= 15 is 0 Å². The summed E-state index contributed by atoms with van der Waals surface area (Å²) in [5.41, 5.74) is 1.18. The lowest BCUT2D eigenvalue weighted by atomic mass is 10.3. The molecule has 2 heterocycles. The molecule has 90 valence electrons. The molecule has 0 aliphatic rings. The maximum absolute atomic E-state index is 11.6. The number of nitrogens with zero attached hydrogens (tertiary/aromatic N) is 2. The molecule has 0 fully saturated rings. The highest BCUT2D eigenvalue weighted by Gasteiger charge is 2.15. The zero-order chi connectivity index (χ0) is 12.4. The van der Waals surface area contributed by atoms with Gasteiger partial charge in [-0.25, -0.2) is 9.48 Å². The molecule has 0 saturated heterocycles. The Hall–Kier alpha value is -1.14. The van der Waals surface area contributed by atoms with E-state index in [-0.39, 0.29) is 5.97 Å². The van der Waals surface area contributed by atoms with Crippen molar-refractivity contribution in [3.8, 4) is 5.00 Å². The van der Waals surface area contributed by atoms with Gasteiger partial charge in [0.15, 0.2) is 0 Å². The van der Waals surface area contributed by atoms with Gasteiger partial charge in [-0.05, 0) is 41.9 Å². The lowest BCUT2D eigenvalue weighted by Gasteiger charge is -1.97. The second-order valence-electron chi connectivity index (χ2n) is 3.37. The third kappa shape index (κ3) is 2.58. The first-order valence-electron chi connectivity index (χ1n) is 5.11. The summed E-state index contributed by atoms with van der Waals surface area (Å²) < 4.78 is 7.68. The van der Waals surface area contributed by atoms with E-state index in [1.807, 2.05) is 12.1 Å². The third-order valence-electron chi connectivity index (χ3n) is 2.18. The van der Waals surface area contributed by atoms with Gasteiger partial charge in [0.25, 0.3) is 0 Å². The second-order valence-corrected chi connectivity index (χ2v) is 5.81. The molecule has 0 aromatic carbocycles. The van der Waals surface area contributed by atoms with Crippen molar-refractivity contribution in [1.29, 1.82) is 0 Å². The molecule has 2 rings (SSSR count). The van der Waals surface area contributed by atoms with Gasteiger partial charge in [-0.15, -0.1) is 11.3 Å². The van der Waals surface area contributed by atoms with E-state index in [4.69, 9.17) is 4.74 Å². The molecule has 0 unspecified atom stereocenters. The Morgan fingerprint density at radius 3 is 2.94 bits per heavy atom. The van der Waals surface area contributed by atoms with Gasteiger partial charge in [-0.2, -0.15) is 5.10 Å². The fourth-order valence-electron chi connectivity index (χ4n) is 1.41. The largest absolute Gasteiger partial charge is 0.462 e. The average molecular weight is 315 g/mol. The van der Waals surface area contributed by atoms with E-state index in [2.05, 4.69) is 21.0 Å². The van der Waals surface area contributed by atoms with Crippen LogP contribution in [0, 0.1) is 6.92 Å². The summed E-state index contributed by atoms with van der Waals surface area (Å²) in [5.74, 6) is -0.327. The smallest absolute Gasteiger partial charge is 0.341 e. The first kappa shape index (κ1) is 12.3. The van der Waals surface area contributed by atoms with Crippen LogP contribution in [0.3, 0.4) is 0 Å². The van der Waals surface area contributed by atoms with E-state index in [1.165, 1.54) is 0 Å². The summed E-state index contributed by atoms with van der Waals surface area (Å²) in [4.78, 5) is 11.6. The van der Waals surface area contributed by atoms with E-state index in [0.29, 0.717) is 17.9 Å². The second kappa shape index (κ2) is 5.01.